The summed E-state index contributed by atoms with van der Waals surface area (Å²) in [6.45, 7) is 4.78. The second-order valence-corrected chi connectivity index (χ2v) is 7.18. The molecule has 2 nitrogen and oxygen atoms in total. The minimum absolute atomic E-state index is 0.790. The van der Waals surface area contributed by atoms with Crippen molar-refractivity contribution < 1.29 is 0 Å². The molecule has 0 saturated heterocycles. The van der Waals surface area contributed by atoms with Crippen molar-refractivity contribution in [3.63, 3.8) is 0 Å². The van der Waals surface area contributed by atoms with Gasteiger partial charge in [0.2, 0.25) is 0 Å². The number of hydrogen-bond donors (Lipinski definition) is 1. The van der Waals surface area contributed by atoms with E-state index in [-0.39, 0.29) is 0 Å². The van der Waals surface area contributed by atoms with Crippen LogP contribution in [0.25, 0.3) is 0 Å². The van der Waals surface area contributed by atoms with Gasteiger partial charge < -0.3 is 10.2 Å². The number of thiophene rings is 1. The first kappa shape index (κ1) is 16.6. The molecule has 0 radical (unpaired) electrons. The molecule has 2 aromatic rings. The highest BCUT2D eigenvalue weighted by atomic mass is 35.5. The summed E-state index contributed by atoms with van der Waals surface area (Å²) in [5.74, 6) is 0. The molecule has 114 valence electrons. The van der Waals surface area contributed by atoms with Crippen LogP contribution in [0.4, 0.5) is 5.69 Å². The van der Waals surface area contributed by atoms with Crippen LogP contribution in [0.15, 0.2) is 30.3 Å². The van der Waals surface area contributed by atoms with Crippen molar-refractivity contribution in [3.8, 4) is 0 Å². The molecule has 5 heteroatoms. The van der Waals surface area contributed by atoms with Gasteiger partial charge in [-0.2, -0.15) is 0 Å². The van der Waals surface area contributed by atoms with E-state index in [1.807, 2.05) is 18.2 Å². The fourth-order valence-electron chi connectivity index (χ4n) is 2.23. The van der Waals surface area contributed by atoms with Gasteiger partial charge in [-0.25, -0.2) is 0 Å². The molecule has 0 aliphatic heterocycles. The van der Waals surface area contributed by atoms with Crippen LogP contribution in [0.3, 0.4) is 0 Å². The standard InChI is InChI=1S/C16H20Cl2N2S/c1-3-9-19-10-13-14(17)5-4-6-15(13)20(2)11-12-7-8-16(18)21-12/h4-8,19H,3,9-11H2,1-2H3. The van der Waals surface area contributed by atoms with Gasteiger partial charge in [0.25, 0.3) is 0 Å². The second-order valence-electron chi connectivity index (χ2n) is 4.98. The molecule has 21 heavy (non-hydrogen) atoms. The number of rotatable bonds is 7. The van der Waals surface area contributed by atoms with Crippen molar-refractivity contribution in [3.05, 3.63) is 50.1 Å². The van der Waals surface area contributed by atoms with Crippen LogP contribution in [-0.4, -0.2) is 13.6 Å². The van der Waals surface area contributed by atoms with Crippen molar-refractivity contribution >= 4 is 40.2 Å². The van der Waals surface area contributed by atoms with Crippen LogP contribution >= 0.6 is 34.5 Å². The third-order valence-electron chi connectivity index (χ3n) is 3.26. The second kappa shape index (κ2) is 8.04. The fourth-order valence-corrected chi connectivity index (χ4v) is 3.60. The number of benzene rings is 1. The van der Waals surface area contributed by atoms with E-state index in [9.17, 15) is 0 Å². The highest BCUT2D eigenvalue weighted by Gasteiger charge is 2.12. The van der Waals surface area contributed by atoms with E-state index in [1.165, 1.54) is 4.88 Å². The Bertz CT molecular complexity index is 583. The smallest absolute Gasteiger partial charge is 0.0931 e. The maximum absolute atomic E-state index is 6.37. The Balaban J connectivity index is 2.15. The Hall–Kier alpha value is -0.740. The number of nitrogens with one attached hydrogen (secondary N) is 1. The monoisotopic (exact) mass is 342 g/mol. The van der Waals surface area contributed by atoms with Crippen LogP contribution in [0.5, 0.6) is 0 Å². The van der Waals surface area contributed by atoms with Crippen LogP contribution in [0.1, 0.15) is 23.8 Å². The number of halogens is 2. The molecule has 0 atom stereocenters. The lowest BCUT2D eigenvalue weighted by atomic mass is 10.1. The fraction of sp³-hybridized carbons (Fsp3) is 0.375. The summed E-state index contributed by atoms with van der Waals surface area (Å²) in [6, 6.07) is 10.1. The third-order valence-corrected chi connectivity index (χ3v) is 4.83. The molecule has 0 saturated carbocycles. The van der Waals surface area contributed by atoms with E-state index in [2.05, 4.69) is 36.3 Å². The molecular weight excluding hydrogens is 323 g/mol. The Kier molecular flexibility index (Phi) is 6.37. The summed E-state index contributed by atoms with van der Waals surface area (Å²) in [5, 5.41) is 4.24. The van der Waals surface area contributed by atoms with Gasteiger partial charge in [-0.1, -0.05) is 36.2 Å². The minimum Gasteiger partial charge on any atom is -0.369 e. The summed E-state index contributed by atoms with van der Waals surface area (Å²) in [4.78, 5) is 3.46. The van der Waals surface area contributed by atoms with Crippen LogP contribution < -0.4 is 10.2 Å². The van der Waals surface area contributed by atoms with E-state index in [0.29, 0.717) is 0 Å². The predicted octanol–water partition coefficient (Wildman–Crippen LogP) is 5.19. The maximum Gasteiger partial charge on any atom is 0.0931 e. The lowest BCUT2D eigenvalue weighted by Gasteiger charge is -2.23. The molecule has 1 aromatic heterocycles. The summed E-state index contributed by atoms with van der Waals surface area (Å²) >= 11 is 14.0. The van der Waals surface area contributed by atoms with Crippen molar-refractivity contribution in [1.29, 1.82) is 0 Å². The topological polar surface area (TPSA) is 15.3 Å². The van der Waals surface area contributed by atoms with Crippen LogP contribution in [0, 0.1) is 0 Å². The average Bonchev–Trinajstić information content (AvgIpc) is 2.86. The van der Waals surface area contributed by atoms with Gasteiger partial charge in [-0.15, -0.1) is 11.3 Å². The molecule has 0 bridgehead atoms. The van der Waals surface area contributed by atoms with Gasteiger partial charge in [0.05, 0.1) is 10.9 Å². The number of anilines is 1. The van der Waals surface area contributed by atoms with Gasteiger partial charge >= 0.3 is 0 Å². The maximum atomic E-state index is 6.37. The predicted molar refractivity (Wildman–Crippen MR) is 94.9 cm³/mol. The van der Waals surface area contributed by atoms with Crippen LogP contribution in [0.2, 0.25) is 9.36 Å². The van der Waals surface area contributed by atoms with E-state index in [1.54, 1.807) is 11.3 Å². The van der Waals surface area contributed by atoms with E-state index in [4.69, 9.17) is 23.2 Å². The number of hydrogen-bond acceptors (Lipinski definition) is 3. The van der Waals surface area contributed by atoms with Crippen molar-refractivity contribution in [2.75, 3.05) is 18.5 Å². The van der Waals surface area contributed by atoms with E-state index in [0.717, 1.165) is 46.7 Å². The molecule has 1 N–H and O–H groups in total. The Morgan fingerprint density at radius 3 is 2.67 bits per heavy atom. The normalized spacial score (nSPS) is 10.9. The zero-order chi connectivity index (χ0) is 15.2. The molecule has 2 rings (SSSR count). The van der Waals surface area contributed by atoms with Crippen molar-refractivity contribution in [2.24, 2.45) is 0 Å². The first-order valence-electron chi connectivity index (χ1n) is 7.05. The van der Waals surface area contributed by atoms with Gasteiger partial charge in [-0.05, 0) is 37.2 Å². The Labute approximate surface area is 140 Å². The molecule has 0 aliphatic rings. The van der Waals surface area contributed by atoms with E-state index >= 15 is 0 Å². The third kappa shape index (κ3) is 4.62. The van der Waals surface area contributed by atoms with Crippen LogP contribution in [-0.2, 0) is 13.1 Å². The van der Waals surface area contributed by atoms with Crippen molar-refractivity contribution in [2.45, 2.75) is 26.4 Å². The van der Waals surface area contributed by atoms with Gasteiger partial charge in [0.1, 0.15) is 0 Å². The first-order chi connectivity index (χ1) is 10.1. The lowest BCUT2D eigenvalue weighted by Crippen LogP contribution is -2.21. The highest BCUT2D eigenvalue weighted by Crippen LogP contribution is 2.29. The summed E-state index contributed by atoms with van der Waals surface area (Å²) in [7, 11) is 2.09. The highest BCUT2D eigenvalue weighted by molar-refractivity contribution is 7.16. The average molecular weight is 343 g/mol. The molecule has 0 aliphatic carbocycles. The summed E-state index contributed by atoms with van der Waals surface area (Å²) in [5.41, 5.74) is 2.31. The van der Waals surface area contributed by atoms with E-state index < -0.39 is 0 Å². The summed E-state index contributed by atoms with van der Waals surface area (Å²) in [6.07, 6.45) is 1.11. The summed E-state index contributed by atoms with van der Waals surface area (Å²) < 4.78 is 0.828. The molecule has 0 fully saturated rings. The SMILES string of the molecule is CCCNCc1c(Cl)cccc1N(C)Cc1ccc(Cl)s1. The van der Waals surface area contributed by atoms with Crippen molar-refractivity contribution in [1.82, 2.24) is 5.32 Å². The molecule has 1 aromatic carbocycles. The quantitative estimate of drug-likeness (QED) is 0.696. The largest absolute Gasteiger partial charge is 0.369 e. The molecule has 1 heterocycles. The lowest BCUT2D eigenvalue weighted by molar-refractivity contribution is 0.674. The molecule has 0 unspecified atom stereocenters. The number of nitrogens with zero attached hydrogens (tertiary/aromatic N) is 1. The Morgan fingerprint density at radius 1 is 1.19 bits per heavy atom. The zero-order valence-electron chi connectivity index (χ0n) is 12.3. The van der Waals surface area contributed by atoms with Gasteiger partial charge in [-0.3, -0.25) is 0 Å². The zero-order valence-corrected chi connectivity index (χ0v) is 14.7. The van der Waals surface area contributed by atoms with Gasteiger partial charge in [0, 0.05) is 34.7 Å². The molecular formula is C16H20Cl2N2S. The minimum atomic E-state index is 0.790. The Morgan fingerprint density at radius 2 is 2.00 bits per heavy atom. The van der Waals surface area contributed by atoms with Gasteiger partial charge in [0.15, 0.2) is 0 Å². The first-order valence-corrected chi connectivity index (χ1v) is 8.62. The molecule has 0 spiro atoms. The molecule has 0 amide bonds.